The van der Waals surface area contributed by atoms with Crippen LogP contribution in [0.15, 0.2) is 41.0 Å². The third kappa shape index (κ3) is 4.06. The predicted octanol–water partition coefficient (Wildman–Crippen LogP) is 3.14. The van der Waals surface area contributed by atoms with Crippen molar-refractivity contribution in [2.24, 2.45) is 0 Å². The quantitative estimate of drug-likeness (QED) is 0.626. The second-order valence-electron chi connectivity index (χ2n) is 6.49. The number of rotatable bonds is 8. The summed E-state index contributed by atoms with van der Waals surface area (Å²) in [5.41, 5.74) is 2.21. The molecule has 2 aromatic heterocycles. The van der Waals surface area contributed by atoms with Crippen molar-refractivity contribution in [3.8, 4) is 17.2 Å². The van der Waals surface area contributed by atoms with Gasteiger partial charge in [0.25, 0.3) is 5.91 Å². The summed E-state index contributed by atoms with van der Waals surface area (Å²) in [6.45, 7) is 4.18. The van der Waals surface area contributed by atoms with Gasteiger partial charge in [-0.05, 0) is 44.2 Å². The molecule has 0 aliphatic rings. The van der Waals surface area contributed by atoms with Gasteiger partial charge in [0, 0.05) is 12.2 Å². The van der Waals surface area contributed by atoms with E-state index in [2.05, 4.69) is 10.4 Å². The smallest absolute Gasteiger partial charge is 0.255 e. The van der Waals surface area contributed by atoms with Crippen LogP contribution in [0.5, 0.6) is 17.2 Å². The number of aromatic nitrogens is 2. The molecule has 1 amide bonds. The van der Waals surface area contributed by atoms with Crippen LogP contribution in [0, 0.1) is 13.8 Å². The first-order valence-corrected chi connectivity index (χ1v) is 9.13. The van der Waals surface area contributed by atoms with Gasteiger partial charge in [-0.3, -0.25) is 9.48 Å². The van der Waals surface area contributed by atoms with Crippen molar-refractivity contribution in [2.45, 2.75) is 19.9 Å². The summed E-state index contributed by atoms with van der Waals surface area (Å²) < 4.78 is 23.5. The van der Waals surface area contributed by atoms with Gasteiger partial charge in [-0.15, -0.1) is 0 Å². The maximum atomic E-state index is 12.9. The Bertz CT molecular complexity index is 979. The lowest BCUT2D eigenvalue weighted by atomic mass is 10.1. The van der Waals surface area contributed by atoms with Crippen LogP contribution in [0.3, 0.4) is 0 Å². The molecule has 29 heavy (non-hydrogen) atoms. The Balaban J connectivity index is 1.87. The molecule has 0 saturated heterocycles. The van der Waals surface area contributed by atoms with Gasteiger partial charge in [0.15, 0.2) is 11.5 Å². The molecule has 0 spiro atoms. The van der Waals surface area contributed by atoms with E-state index in [0.29, 0.717) is 28.6 Å². The van der Waals surface area contributed by atoms with E-state index in [1.54, 1.807) is 18.4 Å². The zero-order valence-corrected chi connectivity index (χ0v) is 17.2. The summed E-state index contributed by atoms with van der Waals surface area (Å²) in [7, 11) is 4.51. The van der Waals surface area contributed by atoms with Gasteiger partial charge in [-0.1, -0.05) is 0 Å². The van der Waals surface area contributed by atoms with Crippen LogP contribution in [0.2, 0.25) is 0 Å². The molecule has 0 radical (unpaired) electrons. The molecule has 8 heteroatoms. The molecule has 0 saturated carbocycles. The van der Waals surface area contributed by atoms with Crippen molar-refractivity contribution in [1.29, 1.82) is 0 Å². The molecular formula is C21H25N3O5. The first-order valence-electron chi connectivity index (χ1n) is 9.13. The second kappa shape index (κ2) is 8.72. The summed E-state index contributed by atoms with van der Waals surface area (Å²) in [5.74, 6) is 1.56. The van der Waals surface area contributed by atoms with Gasteiger partial charge in [0.2, 0.25) is 5.75 Å². The fraction of sp³-hybridized carbons (Fsp3) is 0.333. The Kier molecular flexibility index (Phi) is 6.11. The lowest BCUT2D eigenvalue weighted by Crippen LogP contribution is -2.32. The van der Waals surface area contributed by atoms with Gasteiger partial charge in [0.05, 0.1) is 38.8 Å². The molecule has 3 aromatic rings. The molecule has 1 N–H and O–H groups in total. The first-order chi connectivity index (χ1) is 14.0. The van der Waals surface area contributed by atoms with Gasteiger partial charge in [-0.2, -0.15) is 5.10 Å². The summed E-state index contributed by atoms with van der Waals surface area (Å²) >= 11 is 0. The SMILES string of the molecule is COc1ccc(C(=O)NCC(c2ccco2)n2nc(C)cc2C)c(OC)c1OC. The Morgan fingerprint density at radius 2 is 1.90 bits per heavy atom. The molecule has 2 heterocycles. The molecule has 1 atom stereocenters. The van der Waals surface area contributed by atoms with Crippen LogP contribution >= 0.6 is 0 Å². The average molecular weight is 399 g/mol. The maximum Gasteiger partial charge on any atom is 0.255 e. The standard InChI is InChI=1S/C21H25N3O5/c1-13-11-14(2)24(23-13)16(17-7-6-10-29-17)12-22-21(25)15-8-9-18(26-3)20(28-5)19(15)27-4/h6-11,16H,12H2,1-5H3,(H,22,25). The Morgan fingerprint density at radius 1 is 1.14 bits per heavy atom. The van der Waals surface area contributed by atoms with Crippen LogP contribution in [0.25, 0.3) is 0 Å². The number of hydrogen-bond acceptors (Lipinski definition) is 6. The van der Waals surface area contributed by atoms with Gasteiger partial charge >= 0.3 is 0 Å². The topological polar surface area (TPSA) is 87.8 Å². The summed E-state index contributed by atoms with van der Waals surface area (Å²) in [5, 5.41) is 7.49. The van der Waals surface area contributed by atoms with E-state index < -0.39 is 0 Å². The number of methoxy groups -OCH3 is 3. The lowest BCUT2D eigenvalue weighted by molar-refractivity contribution is 0.0944. The van der Waals surface area contributed by atoms with Crippen LogP contribution < -0.4 is 19.5 Å². The minimum absolute atomic E-state index is 0.284. The summed E-state index contributed by atoms with van der Waals surface area (Å²) in [6, 6.07) is 8.68. The van der Waals surface area contributed by atoms with Crippen molar-refractivity contribution < 1.29 is 23.4 Å². The van der Waals surface area contributed by atoms with Crippen molar-refractivity contribution in [2.75, 3.05) is 27.9 Å². The highest BCUT2D eigenvalue weighted by Crippen LogP contribution is 2.39. The van der Waals surface area contributed by atoms with E-state index in [1.165, 1.54) is 21.3 Å². The average Bonchev–Trinajstić information content (AvgIpc) is 3.36. The highest BCUT2D eigenvalue weighted by molar-refractivity contribution is 5.98. The van der Waals surface area contributed by atoms with E-state index in [1.807, 2.05) is 36.7 Å². The molecule has 0 fully saturated rings. The van der Waals surface area contributed by atoms with Crippen molar-refractivity contribution in [3.63, 3.8) is 0 Å². The molecule has 1 aromatic carbocycles. The van der Waals surface area contributed by atoms with Crippen molar-refractivity contribution in [3.05, 3.63) is 59.3 Å². The zero-order valence-electron chi connectivity index (χ0n) is 17.2. The third-order valence-corrected chi connectivity index (χ3v) is 4.62. The molecule has 154 valence electrons. The number of carbonyl (C=O) groups excluding carboxylic acids is 1. The van der Waals surface area contributed by atoms with E-state index in [4.69, 9.17) is 18.6 Å². The molecule has 0 aliphatic heterocycles. The number of amides is 1. The maximum absolute atomic E-state index is 12.9. The molecule has 3 rings (SSSR count). The van der Waals surface area contributed by atoms with Gasteiger partial charge in [-0.25, -0.2) is 0 Å². The largest absolute Gasteiger partial charge is 0.493 e. The van der Waals surface area contributed by atoms with E-state index >= 15 is 0 Å². The Morgan fingerprint density at radius 3 is 2.45 bits per heavy atom. The second-order valence-corrected chi connectivity index (χ2v) is 6.49. The number of benzene rings is 1. The first kappa shape index (κ1) is 20.3. The number of ether oxygens (including phenoxy) is 3. The number of furan rings is 1. The highest BCUT2D eigenvalue weighted by Gasteiger charge is 2.24. The normalized spacial score (nSPS) is 11.8. The number of carbonyl (C=O) groups is 1. The van der Waals surface area contributed by atoms with Crippen LogP contribution in [0.1, 0.15) is 33.5 Å². The number of nitrogens with one attached hydrogen (secondary N) is 1. The van der Waals surface area contributed by atoms with E-state index in [9.17, 15) is 4.79 Å². The van der Waals surface area contributed by atoms with Crippen LogP contribution in [-0.4, -0.2) is 43.6 Å². The van der Waals surface area contributed by atoms with Crippen molar-refractivity contribution >= 4 is 5.91 Å². The lowest BCUT2D eigenvalue weighted by Gasteiger charge is -2.19. The summed E-state index contributed by atoms with van der Waals surface area (Å²) in [6.07, 6.45) is 1.60. The molecular weight excluding hydrogens is 374 g/mol. The van der Waals surface area contributed by atoms with Crippen LogP contribution in [-0.2, 0) is 0 Å². The minimum Gasteiger partial charge on any atom is -0.493 e. The summed E-state index contributed by atoms with van der Waals surface area (Å²) in [4.78, 5) is 12.9. The van der Waals surface area contributed by atoms with Crippen LogP contribution in [0.4, 0.5) is 0 Å². The molecule has 1 unspecified atom stereocenters. The third-order valence-electron chi connectivity index (χ3n) is 4.62. The number of aryl methyl sites for hydroxylation is 2. The van der Waals surface area contributed by atoms with E-state index in [0.717, 1.165) is 11.4 Å². The molecule has 0 aliphatic carbocycles. The molecule has 8 nitrogen and oxygen atoms in total. The fourth-order valence-corrected chi connectivity index (χ4v) is 3.31. The monoisotopic (exact) mass is 399 g/mol. The Hall–Kier alpha value is -3.42. The number of nitrogens with zero attached hydrogens (tertiary/aromatic N) is 2. The molecule has 0 bridgehead atoms. The Labute approximate surface area is 169 Å². The highest BCUT2D eigenvalue weighted by atomic mass is 16.5. The van der Waals surface area contributed by atoms with Crippen molar-refractivity contribution in [1.82, 2.24) is 15.1 Å². The van der Waals surface area contributed by atoms with E-state index in [-0.39, 0.29) is 18.5 Å². The number of hydrogen-bond donors (Lipinski definition) is 1. The van der Waals surface area contributed by atoms with Gasteiger partial charge < -0.3 is 23.9 Å². The predicted molar refractivity (Wildman–Crippen MR) is 107 cm³/mol. The minimum atomic E-state index is -0.305. The van der Waals surface area contributed by atoms with Gasteiger partial charge in [0.1, 0.15) is 11.8 Å². The fourth-order valence-electron chi connectivity index (χ4n) is 3.31. The zero-order chi connectivity index (χ0) is 21.0.